The summed E-state index contributed by atoms with van der Waals surface area (Å²) in [6.45, 7) is 2.18. The van der Waals surface area contributed by atoms with E-state index >= 15 is 0 Å². The summed E-state index contributed by atoms with van der Waals surface area (Å²) in [5.74, 6) is 1.04. The number of hydrogen-bond acceptors (Lipinski definition) is 8. The van der Waals surface area contributed by atoms with Crippen LogP contribution >= 0.6 is 11.3 Å². The molecule has 8 nitrogen and oxygen atoms in total. The predicted octanol–water partition coefficient (Wildman–Crippen LogP) is 1.86. The Morgan fingerprint density at radius 1 is 1.38 bits per heavy atom. The average Bonchev–Trinajstić information content (AvgIpc) is 3.29. The highest BCUT2D eigenvalue weighted by Crippen LogP contribution is 2.29. The smallest absolute Gasteiger partial charge is 0.271 e. The van der Waals surface area contributed by atoms with Gasteiger partial charge < -0.3 is 20.3 Å². The summed E-state index contributed by atoms with van der Waals surface area (Å²) in [7, 11) is 1.57. The van der Waals surface area contributed by atoms with Gasteiger partial charge >= 0.3 is 0 Å². The quantitative estimate of drug-likeness (QED) is 0.649. The number of para-hydroxylation sites is 1. The molecule has 0 spiro atoms. The maximum absolute atomic E-state index is 12.7. The molecule has 0 aliphatic rings. The van der Waals surface area contributed by atoms with Crippen LogP contribution in [0.15, 0.2) is 34.2 Å². The lowest BCUT2D eigenvalue weighted by molar-refractivity contribution is 0.0936. The molecule has 26 heavy (non-hydrogen) atoms. The van der Waals surface area contributed by atoms with Crippen molar-refractivity contribution in [1.82, 2.24) is 20.4 Å². The van der Waals surface area contributed by atoms with Crippen LogP contribution in [0, 0.1) is 6.92 Å². The van der Waals surface area contributed by atoms with Crippen LogP contribution in [0.3, 0.4) is 0 Å². The summed E-state index contributed by atoms with van der Waals surface area (Å²) < 4.78 is 10.5. The molecule has 3 N–H and O–H groups in total. The minimum Gasteiger partial charge on any atom is -0.496 e. The van der Waals surface area contributed by atoms with E-state index in [1.165, 1.54) is 11.3 Å². The van der Waals surface area contributed by atoms with Crippen LogP contribution in [0.4, 0.5) is 0 Å². The van der Waals surface area contributed by atoms with E-state index in [1.54, 1.807) is 19.4 Å². The van der Waals surface area contributed by atoms with Crippen LogP contribution in [0.1, 0.15) is 38.8 Å². The summed E-state index contributed by atoms with van der Waals surface area (Å²) in [5, 5.41) is 9.41. The largest absolute Gasteiger partial charge is 0.496 e. The van der Waals surface area contributed by atoms with E-state index in [0.717, 1.165) is 10.6 Å². The van der Waals surface area contributed by atoms with Crippen LogP contribution in [0.5, 0.6) is 5.75 Å². The van der Waals surface area contributed by atoms with E-state index in [9.17, 15) is 4.79 Å². The fraction of sp³-hybridized carbons (Fsp3) is 0.294. The van der Waals surface area contributed by atoms with Gasteiger partial charge in [0.15, 0.2) is 5.82 Å². The second kappa shape index (κ2) is 8.07. The third kappa shape index (κ3) is 3.89. The van der Waals surface area contributed by atoms with Gasteiger partial charge in [0.2, 0.25) is 5.89 Å². The summed E-state index contributed by atoms with van der Waals surface area (Å²) in [4.78, 5) is 21.3. The van der Waals surface area contributed by atoms with Crippen molar-refractivity contribution in [2.75, 3.05) is 13.7 Å². The van der Waals surface area contributed by atoms with Crippen LogP contribution in [0.25, 0.3) is 0 Å². The summed E-state index contributed by atoms with van der Waals surface area (Å²) >= 11 is 1.41. The number of rotatable bonds is 7. The van der Waals surface area contributed by atoms with Crippen LogP contribution in [-0.2, 0) is 6.42 Å². The van der Waals surface area contributed by atoms with Crippen molar-refractivity contribution in [3.05, 3.63) is 57.6 Å². The normalized spacial score (nSPS) is 12.0. The van der Waals surface area contributed by atoms with E-state index in [1.807, 2.05) is 24.3 Å². The molecule has 0 aliphatic carbocycles. The van der Waals surface area contributed by atoms with E-state index < -0.39 is 6.04 Å². The van der Waals surface area contributed by atoms with E-state index in [2.05, 4.69) is 20.4 Å². The highest BCUT2D eigenvalue weighted by atomic mass is 32.1. The summed E-state index contributed by atoms with van der Waals surface area (Å²) in [6.07, 6.45) is 0.637. The zero-order chi connectivity index (χ0) is 18.5. The zero-order valence-electron chi connectivity index (χ0n) is 14.4. The Hall–Kier alpha value is -2.78. The molecule has 136 valence electrons. The minimum atomic E-state index is -0.629. The SMILES string of the molecule is COc1ccccc1C(NC(=O)c1csc(CCN)n1)c1noc(C)n1. The number of amides is 1. The summed E-state index contributed by atoms with van der Waals surface area (Å²) in [6, 6.07) is 6.73. The fourth-order valence-electron chi connectivity index (χ4n) is 2.48. The Balaban J connectivity index is 1.92. The van der Waals surface area contributed by atoms with Crippen molar-refractivity contribution in [2.45, 2.75) is 19.4 Å². The molecule has 0 bridgehead atoms. The van der Waals surface area contributed by atoms with Crippen molar-refractivity contribution >= 4 is 17.2 Å². The lowest BCUT2D eigenvalue weighted by Gasteiger charge is -2.18. The van der Waals surface area contributed by atoms with Gasteiger partial charge in [-0.1, -0.05) is 23.4 Å². The standard InChI is InChI=1S/C17H19N5O3S/c1-10-19-16(22-25-10)15(11-5-3-4-6-13(11)24-2)21-17(23)12-9-26-14(20-12)7-8-18/h3-6,9,15H,7-8,18H2,1-2H3,(H,21,23). The lowest BCUT2D eigenvalue weighted by atomic mass is 10.0. The Morgan fingerprint density at radius 2 is 2.19 bits per heavy atom. The average molecular weight is 373 g/mol. The van der Waals surface area contributed by atoms with Gasteiger partial charge in [-0.15, -0.1) is 11.3 Å². The highest BCUT2D eigenvalue weighted by Gasteiger charge is 2.26. The number of methoxy groups -OCH3 is 1. The predicted molar refractivity (Wildman–Crippen MR) is 96.2 cm³/mol. The van der Waals surface area contributed by atoms with Gasteiger partial charge in [0, 0.05) is 24.3 Å². The molecule has 1 aromatic carbocycles. The second-order valence-electron chi connectivity index (χ2n) is 5.49. The van der Waals surface area contributed by atoms with E-state index in [-0.39, 0.29) is 5.91 Å². The van der Waals surface area contributed by atoms with Gasteiger partial charge in [-0.3, -0.25) is 4.79 Å². The molecule has 2 heterocycles. The first-order valence-corrected chi connectivity index (χ1v) is 8.88. The number of aromatic nitrogens is 3. The Labute approximate surface area is 154 Å². The number of hydrogen-bond donors (Lipinski definition) is 2. The third-order valence-electron chi connectivity index (χ3n) is 3.67. The first-order valence-electron chi connectivity index (χ1n) is 8.00. The van der Waals surface area contributed by atoms with E-state index in [0.29, 0.717) is 36.1 Å². The first-order chi connectivity index (χ1) is 12.6. The molecule has 0 radical (unpaired) electrons. The molecule has 0 saturated carbocycles. The molecule has 0 aliphatic heterocycles. The molecule has 3 rings (SSSR count). The van der Waals surface area contributed by atoms with Crippen molar-refractivity contribution in [1.29, 1.82) is 0 Å². The number of aryl methyl sites for hydroxylation is 1. The number of ether oxygens (including phenoxy) is 1. The molecule has 1 atom stereocenters. The number of benzene rings is 1. The van der Waals surface area contributed by atoms with Gasteiger partial charge in [0.1, 0.15) is 17.5 Å². The Kier molecular flexibility index (Phi) is 5.59. The topological polar surface area (TPSA) is 116 Å². The molecule has 0 saturated heterocycles. The molecular weight excluding hydrogens is 354 g/mol. The molecule has 9 heteroatoms. The number of thiazole rings is 1. The second-order valence-corrected chi connectivity index (χ2v) is 6.43. The first kappa shape index (κ1) is 18.0. The van der Waals surface area contributed by atoms with Crippen LogP contribution < -0.4 is 15.8 Å². The number of nitrogens with zero attached hydrogens (tertiary/aromatic N) is 3. The van der Waals surface area contributed by atoms with Gasteiger partial charge in [-0.05, 0) is 12.6 Å². The van der Waals surface area contributed by atoms with Crippen molar-refractivity contribution in [3.8, 4) is 5.75 Å². The molecule has 2 aromatic heterocycles. The van der Waals surface area contributed by atoms with Gasteiger partial charge in [-0.25, -0.2) is 4.98 Å². The van der Waals surface area contributed by atoms with Crippen molar-refractivity contribution in [2.24, 2.45) is 5.73 Å². The molecular formula is C17H19N5O3S. The maximum atomic E-state index is 12.7. The number of carbonyl (C=O) groups excluding carboxylic acids is 1. The molecule has 1 unspecified atom stereocenters. The van der Waals surface area contributed by atoms with Crippen LogP contribution in [-0.4, -0.2) is 34.7 Å². The highest BCUT2D eigenvalue weighted by molar-refractivity contribution is 7.09. The van der Waals surface area contributed by atoms with Gasteiger partial charge in [0.05, 0.1) is 12.1 Å². The van der Waals surface area contributed by atoms with Crippen molar-refractivity contribution < 1.29 is 14.1 Å². The Morgan fingerprint density at radius 3 is 2.88 bits per heavy atom. The molecule has 1 amide bonds. The van der Waals surface area contributed by atoms with E-state index in [4.69, 9.17) is 15.0 Å². The van der Waals surface area contributed by atoms with Crippen molar-refractivity contribution in [3.63, 3.8) is 0 Å². The monoisotopic (exact) mass is 373 g/mol. The lowest BCUT2D eigenvalue weighted by Crippen LogP contribution is -2.30. The number of carbonyl (C=O) groups is 1. The van der Waals surface area contributed by atoms with Gasteiger partial charge in [0.25, 0.3) is 5.91 Å². The number of nitrogens with two attached hydrogens (primary N) is 1. The maximum Gasteiger partial charge on any atom is 0.271 e. The Bertz CT molecular complexity index is 892. The third-order valence-corrected chi connectivity index (χ3v) is 4.58. The van der Waals surface area contributed by atoms with Crippen LogP contribution in [0.2, 0.25) is 0 Å². The summed E-state index contributed by atoms with van der Waals surface area (Å²) in [5.41, 5.74) is 6.59. The zero-order valence-corrected chi connectivity index (χ0v) is 15.2. The fourth-order valence-corrected chi connectivity index (χ4v) is 3.27. The molecule has 3 aromatic rings. The minimum absolute atomic E-state index is 0.331. The number of nitrogens with one attached hydrogen (secondary N) is 1. The van der Waals surface area contributed by atoms with Gasteiger partial charge in [-0.2, -0.15) is 4.98 Å². The molecule has 0 fully saturated rings.